The summed E-state index contributed by atoms with van der Waals surface area (Å²) in [7, 11) is 0. The van der Waals surface area contributed by atoms with Crippen LogP contribution in [-0.2, 0) is 16.1 Å². The van der Waals surface area contributed by atoms with Crippen molar-refractivity contribution in [1.82, 2.24) is 15.3 Å². The van der Waals surface area contributed by atoms with Gasteiger partial charge in [-0.1, -0.05) is 0 Å². The highest BCUT2D eigenvalue weighted by Gasteiger charge is 2.25. The average molecular weight is 417 g/mol. The van der Waals surface area contributed by atoms with Gasteiger partial charge in [-0.25, -0.2) is 18.7 Å². The van der Waals surface area contributed by atoms with E-state index in [2.05, 4.69) is 25.1 Å². The van der Waals surface area contributed by atoms with Crippen LogP contribution in [0.15, 0.2) is 30.6 Å². The Morgan fingerprint density at radius 2 is 1.63 bits per heavy atom. The van der Waals surface area contributed by atoms with E-state index in [1.165, 1.54) is 12.1 Å². The second-order valence-corrected chi connectivity index (χ2v) is 7.60. The van der Waals surface area contributed by atoms with E-state index < -0.39 is 11.6 Å². The van der Waals surface area contributed by atoms with Crippen LogP contribution in [0.25, 0.3) is 0 Å². The molecule has 2 aliphatic rings. The number of halogens is 2. The average Bonchev–Trinajstić information content (AvgIpc) is 2.78. The maximum Gasteiger partial charge on any atom is 0.225 e. The highest BCUT2D eigenvalue weighted by molar-refractivity contribution is 5.79. The van der Waals surface area contributed by atoms with Crippen LogP contribution in [0.2, 0.25) is 0 Å². The molecule has 3 heterocycles. The molecule has 0 radical (unpaired) electrons. The maximum atomic E-state index is 13.3. The monoisotopic (exact) mass is 417 g/mol. The van der Waals surface area contributed by atoms with Crippen LogP contribution in [-0.4, -0.2) is 55.3 Å². The smallest absolute Gasteiger partial charge is 0.225 e. The fraction of sp³-hybridized carbons (Fsp3) is 0.476. The molecule has 4 rings (SSSR count). The first-order valence-corrected chi connectivity index (χ1v) is 10.2. The topological polar surface area (TPSA) is 70.6 Å². The molecule has 1 aromatic carbocycles. The number of hydrogen-bond acceptors (Lipinski definition) is 6. The van der Waals surface area contributed by atoms with Gasteiger partial charge in [0.15, 0.2) is 0 Å². The Kier molecular flexibility index (Phi) is 6.37. The van der Waals surface area contributed by atoms with Crippen molar-refractivity contribution < 1.29 is 18.3 Å². The third-order valence-corrected chi connectivity index (χ3v) is 5.54. The second-order valence-electron chi connectivity index (χ2n) is 7.60. The van der Waals surface area contributed by atoms with Crippen molar-refractivity contribution in [2.75, 3.05) is 49.2 Å². The van der Waals surface area contributed by atoms with Gasteiger partial charge in [0.05, 0.1) is 31.3 Å². The summed E-state index contributed by atoms with van der Waals surface area (Å²) >= 11 is 0. The van der Waals surface area contributed by atoms with Crippen molar-refractivity contribution in [1.29, 1.82) is 0 Å². The van der Waals surface area contributed by atoms with Gasteiger partial charge in [0.2, 0.25) is 11.9 Å². The van der Waals surface area contributed by atoms with E-state index in [-0.39, 0.29) is 18.4 Å². The Labute approximate surface area is 174 Å². The summed E-state index contributed by atoms with van der Waals surface area (Å²) in [6.07, 6.45) is 5.07. The molecule has 9 heteroatoms. The minimum Gasteiger partial charge on any atom is -0.378 e. The van der Waals surface area contributed by atoms with Crippen molar-refractivity contribution >= 4 is 17.5 Å². The van der Waals surface area contributed by atoms with Crippen molar-refractivity contribution in [3.05, 3.63) is 47.8 Å². The first-order valence-electron chi connectivity index (χ1n) is 10.2. The van der Waals surface area contributed by atoms with Crippen molar-refractivity contribution in [3.63, 3.8) is 0 Å². The summed E-state index contributed by atoms with van der Waals surface area (Å²) in [6.45, 7) is 4.54. The van der Waals surface area contributed by atoms with E-state index in [1.807, 2.05) is 12.4 Å². The highest BCUT2D eigenvalue weighted by Crippen LogP contribution is 2.23. The van der Waals surface area contributed by atoms with E-state index in [4.69, 9.17) is 4.74 Å². The molecule has 160 valence electrons. The molecule has 0 spiro atoms. The number of piperidine rings is 1. The number of carbonyl (C=O) groups excluding carboxylic acids is 1. The SMILES string of the molecule is O=C(NCc1cc(F)cc(F)c1)C1CCN(c2cnc(N3CCOCC3)nc2)CC1. The van der Waals surface area contributed by atoms with Crippen molar-refractivity contribution in [2.24, 2.45) is 5.92 Å². The number of anilines is 2. The molecule has 2 aliphatic heterocycles. The molecule has 0 atom stereocenters. The number of amides is 1. The molecule has 2 fully saturated rings. The standard InChI is InChI=1S/C21H25F2N5O2/c22-17-9-15(10-18(23)11-17)12-24-20(29)16-1-3-27(4-2-16)19-13-25-21(26-14-19)28-5-7-30-8-6-28/h9-11,13-14,16H,1-8,12H2,(H,24,29). The molecular weight excluding hydrogens is 392 g/mol. The van der Waals surface area contributed by atoms with Gasteiger partial charge in [0, 0.05) is 44.7 Å². The third kappa shape index (κ3) is 5.02. The first-order chi connectivity index (χ1) is 14.6. The number of rotatable bonds is 5. The Balaban J connectivity index is 1.26. The van der Waals surface area contributed by atoms with Gasteiger partial charge in [-0.05, 0) is 30.5 Å². The number of nitrogens with one attached hydrogen (secondary N) is 1. The number of carbonyl (C=O) groups is 1. The lowest BCUT2D eigenvalue weighted by Gasteiger charge is -2.33. The third-order valence-electron chi connectivity index (χ3n) is 5.54. The van der Waals surface area contributed by atoms with E-state index in [9.17, 15) is 13.6 Å². The van der Waals surface area contributed by atoms with E-state index in [0.29, 0.717) is 37.6 Å². The van der Waals surface area contributed by atoms with Gasteiger partial charge in [0.25, 0.3) is 0 Å². The minimum absolute atomic E-state index is 0.0850. The lowest BCUT2D eigenvalue weighted by molar-refractivity contribution is -0.125. The minimum atomic E-state index is -0.644. The molecule has 0 unspecified atom stereocenters. The lowest BCUT2D eigenvalue weighted by atomic mass is 9.95. The number of nitrogens with zero attached hydrogens (tertiary/aromatic N) is 4. The lowest BCUT2D eigenvalue weighted by Crippen LogP contribution is -2.40. The summed E-state index contributed by atoms with van der Waals surface area (Å²) < 4.78 is 31.9. The van der Waals surface area contributed by atoms with Gasteiger partial charge in [-0.2, -0.15) is 0 Å². The zero-order chi connectivity index (χ0) is 20.9. The van der Waals surface area contributed by atoms with Crippen LogP contribution < -0.4 is 15.1 Å². The number of hydrogen-bond donors (Lipinski definition) is 1. The molecular formula is C21H25F2N5O2. The zero-order valence-corrected chi connectivity index (χ0v) is 16.7. The molecule has 0 saturated carbocycles. The van der Waals surface area contributed by atoms with Gasteiger partial charge in [-0.15, -0.1) is 0 Å². The van der Waals surface area contributed by atoms with Gasteiger partial charge < -0.3 is 19.9 Å². The van der Waals surface area contributed by atoms with Crippen molar-refractivity contribution in [2.45, 2.75) is 19.4 Å². The Hall–Kier alpha value is -2.81. The molecule has 1 amide bonds. The highest BCUT2D eigenvalue weighted by atomic mass is 19.1. The van der Waals surface area contributed by atoms with Gasteiger partial charge in [0.1, 0.15) is 11.6 Å². The van der Waals surface area contributed by atoms with Crippen LogP contribution in [0, 0.1) is 17.6 Å². The molecule has 0 bridgehead atoms. The van der Waals surface area contributed by atoms with E-state index in [1.54, 1.807) is 0 Å². The number of morpholine rings is 1. The Morgan fingerprint density at radius 1 is 1.00 bits per heavy atom. The van der Waals surface area contributed by atoms with Gasteiger partial charge in [-0.3, -0.25) is 4.79 Å². The fourth-order valence-corrected chi connectivity index (χ4v) is 3.85. The summed E-state index contributed by atoms with van der Waals surface area (Å²) in [5.41, 5.74) is 1.36. The van der Waals surface area contributed by atoms with Crippen molar-refractivity contribution in [3.8, 4) is 0 Å². The first kappa shape index (κ1) is 20.5. The maximum absolute atomic E-state index is 13.3. The zero-order valence-electron chi connectivity index (χ0n) is 16.7. The predicted octanol–water partition coefficient (Wildman–Crippen LogP) is 2.12. The van der Waals surface area contributed by atoms with Crippen LogP contribution >= 0.6 is 0 Å². The predicted molar refractivity (Wildman–Crippen MR) is 108 cm³/mol. The molecule has 2 aromatic rings. The largest absolute Gasteiger partial charge is 0.378 e. The van der Waals surface area contributed by atoms with E-state index >= 15 is 0 Å². The van der Waals surface area contributed by atoms with Gasteiger partial charge >= 0.3 is 0 Å². The molecule has 1 N–H and O–H groups in total. The molecule has 2 saturated heterocycles. The molecule has 30 heavy (non-hydrogen) atoms. The summed E-state index contributed by atoms with van der Waals surface area (Å²) in [6, 6.07) is 3.28. The number of benzene rings is 1. The van der Waals surface area contributed by atoms with Crippen LogP contribution in [0.3, 0.4) is 0 Å². The second kappa shape index (κ2) is 9.34. The van der Waals surface area contributed by atoms with Crippen LogP contribution in [0.5, 0.6) is 0 Å². The normalized spacial score (nSPS) is 17.8. The number of aromatic nitrogens is 2. The molecule has 7 nitrogen and oxygen atoms in total. The molecule has 1 aromatic heterocycles. The summed E-state index contributed by atoms with van der Waals surface area (Å²) in [4.78, 5) is 25.7. The Morgan fingerprint density at radius 3 is 2.27 bits per heavy atom. The fourth-order valence-electron chi connectivity index (χ4n) is 3.85. The summed E-state index contributed by atoms with van der Waals surface area (Å²) in [5, 5.41) is 2.79. The van der Waals surface area contributed by atoms with Crippen LogP contribution in [0.1, 0.15) is 18.4 Å². The van der Waals surface area contributed by atoms with Crippen LogP contribution in [0.4, 0.5) is 20.4 Å². The van der Waals surface area contributed by atoms with E-state index in [0.717, 1.165) is 37.9 Å². The number of ether oxygens (including phenoxy) is 1. The molecule has 0 aliphatic carbocycles. The summed E-state index contributed by atoms with van der Waals surface area (Å²) in [5.74, 6) is -0.777. The Bertz CT molecular complexity index is 846. The quantitative estimate of drug-likeness (QED) is 0.804.